The number of nitrogens with zero attached hydrogens (tertiary/aromatic N) is 1. The van der Waals surface area contributed by atoms with E-state index in [-0.39, 0.29) is 11.8 Å². The van der Waals surface area contributed by atoms with Gasteiger partial charge in [0, 0.05) is 6.42 Å². The molecule has 0 bridgehead atoms. The largest absolute Gasteiger partial charge is 0.273 e. The van der Waals surface area contributed by atoms with Gasteiger partial charge in [-0.15, -0.1) is 0 Å². The highest BCUT2D eigenvalue weighted by atomic mass is 16.2. The Bertz CT molecular complexity index is 561. The van der Waals surface area contributed by atoms with E-state index in [0.29, 0.717) is 6.42 Å². The summed E-state index contributed by atoms with van der Waals surface area (Å²) in [4.78, 5) is 24.5. The summed E-state index contributed by atoms with van der Waals surface area (Å²) >= 11 is 0. The van der Waals surface area contributed by atoms with Crippen LogP contribution in [0.3, 0.4) is 0 Å². The minimum absolute atomic E-state index is 0.000689. The predicted molar refractivity (Wildman–Crippen MR) is 72.4 cm³/mol. The van der Waals surface area contributed by atoms with Gasteiger partial charge in [0.1, 0.15) is 0 Å². The van der Waals surface area contributed by atoms with Gasteiger partial charge in [0.25, 0.3) is 0 Å². The zero-order chi connectivity index (χ0) is 13.6. The van der Waals surface area contributed by atoms with Crippen molar-refractivity contribution >= 4 is 17.5 Å². The molecule has 0 unspecified atom stereocenters. The molecule has 1 aromatic rings. The number of benzene rings is 1. The molecule has 1 N–H and O–H groups in total. The Morgan fingerprint density at radius 3 is 2.58 bits per heavy atom. The number of nitrogens with one attached hydrogen (secondary N) is 1. The molecule has 1 aliphatic carbocycles. The van der Waals surface area contributed by atoms with Crippen LogP contribution >= 0.6 is 0 Å². The first-order valence-electron chi connectivity index (χ1n) is 6.73. The van der Waals surface area contributed by atoms with Crippen LogP contribution in [-0.4, -0.2) is 11.8 Å². The van der Waals surface area contributed by atoms with Crippen LogP contribution in [0.2, 0.25) is 0 Å². The van der Waals surface area contributed by atoms with Gasteiger partial charge in [0.15, 0.2) is 0 Å². The number of aryl methyl sites for hydroxylation is 2. The molecule has 2 amide bonds. The Labute approximate surface area is 112 Å². The first kappa shape index (κ1) is 12.2. The minimum Gasteiger partial charge on any atom is -0.273 e. The lowest BCUT2D eigenvalue weighted by Gasteiger charge is -2.45. The average molecular weight is 258 g/mol. The highest BCUT2D eigenvalue weighted by Crippen LogP contribution is 2.46. The van der Waals surface area contributed by atoms with Crippen molar-refractivity contribution in [3.8, 4) is 0 Å². The summed E-state index contributed by atoms with van der Waals surface area (Å²) in [6.07, 6.45) is 3.06. The van der Waals surface area contributed by atoms with Crippen LogP contribution in [0.5, 0.6) is 0 Å². The summed E-state index contributed by atoms with van der Waals surface area (Å²) in [6, 6.07) is 5.91. The van der Waals surface area contributed by atoms with E-state index in [2.05, 4.69) is 5.43 Å². The molecule has 0 atom stereocenters. The topological polar surface area (TPSA) is 49.4 Å². The Hall–Kier alpha value is -1.84. The summed E-state index contributed by atoms with van der Waals surface area (Å²) in [7, 11) is 0. The summed E-state index contributed by atoms with van der Waals surface area (Å²) in [6.45, 7) is 3.93. The zero-order valence-corrected chi connectivity index (χ0v) is 11.3. The third kappa shape index (κ3) is 1.82. The molecular weight excluding hydrogens is 240 g/mol. The Morgan fingerprint density at radius 1 is 1.21 bits per heavy atom. The van der Waals surface area contributed by atoms with Crippen LogP contribution in [0.25, 0.3) is 0 Å². The number of rotatable bonds is 1. The maximum Gasteiger partial charge on any atom is 0.246 e. The molecule has 1 heterocycles. The van der Waals surface area contributed by atoms with Crippen LogP contribution in [0, 0.1) is 19.3 Å². The summed E-state index contributed by atoms with van der Waals surface area (Å²) in [5, 5.41) is 1.42. The lowest BCUT2D eigenvalue weighted by atomic mass is 9.65. The second kappa shape index (κ2) is 4.08. The average Bonchev–Trinajstić information content (AvgIpc) is 2.33. The fourth-order valence-corrected chi connectivity index (χ4v) is 2.89. The summed E-state index contributed by atoms with van der Waals surface area (Å²) in [5.74, 6) is -0.00717. The molecule has 0 aromatic heterocycles. The van der Waals surface area contributed by atoms with E-state index in [1.54, 1.807) is 0 Å². The third-order valence-electron chi connectivity index (χ3n) is 4.35. The second-order valence-corrected chi connectivity index (χ2v) is 5.77. The van der Waals surface area contributed by atoms with Crippen molar-refractivity contribution < 1.29 is 9.59 Å². The SMILES string of the molecule is Cc1ccc(C)c(N2NC(=O)C3(CCC3)CC2=O)c1. The van der Waals surface area contributed by atoms with Gasteiger partial charge in [0.05, 0.1) is 11.1 Å². The first-order chi connectivity index (χ1) is 9.02. The Balaban J connectivity index is 1.92. The molecule has 1 saturated heterocycles. The van der Waals surface area contributed by atoms with Crippen molar-refractivity contribution in [2.45, 2.75) is 39.5 Å². The highest BCUT2D eigenvalue weighted by molar-refractivity contribution is 6.04. The van der Waals surface area contributed by atoms with Gasteiger partial charge < -0.3 is 0 Å². The lowest BCUT2D eigenvalue weighted by molar-refractivity contribution is -0.146. The van der Waals surface area contributed by atoms with Crippen molar-refractivity contribution in [1.82, 2.24) is 5.43 Å². The maximum absolute atomic E-state index is 12.3. The van der Waals surface area contributed by atoms with Crippen LogP contribution in [0.1, 0.15) is 36.8 Å². The number of carbonyl (C=O) groups is 2. The van der Waals surface area contributed by atoms with E-state index in [4.69, 9.17) is 0 Å². The molecular formula is C15H18N2O2. The fourth-order valence-electron chi connectivity index (χ4n) is 2.89. The van der Waals surface area contributed by atoms with Crippen molar-refractivity contribution in [3.63, 3.8) is 0 Å². The van der Waals surface area contributed by atoms with Crippen molar-refractivity contribution in [3.05, 3.63) is 29.3 Å². The van der Waals surface area contributed by atoms with E-state index < -0.39 is 5.41 Å². The number of amides is 2. The van der Waals surface area contributed by atoms with Gasteiger partial charge in [-0.2, -0.15) is 0 Å². The minimum atomic E-state index is -0.411. The van der Waals surface area contributed by atoms with Gasteiger partial charge in [-0.3, -0.25) is 15.0 Å². The number of hydrazine groups is 1. The van der Waals surface area contributed by atoms with Crippen LogP contribution in [0.15, 0.2) is 18.2 Å². The van der Waals surface area contributed by atoms with Gasteiger partial charge in [-0.25, -0.2) is 5.01 Å². The van der Waals surface area contributed by atoms with Crippen molar-refractivity contribution in [1.29, 1.82) is 0 Å². The molecule has 4 heteroatoms. The van der Waals surface area contributed by atoms with Crippen LogP contribution in [0.4, 0.5) is 5.69 Å². The molecule has 3 rings (SSSR count). The van der Waals surface area contributed by atoms with E-state index in [9.17, 15) is 9.59 Å². The first-order valence-corrected chi connectivity index (χ1v) is 6.73. The molecule has 1 saturated carbocycles. The Kier molecular flexibility index (Phi) is 2.62. The number of hydrogen-bond donors (Lipinski definition) is 1. The number of hydrogen-bond acceptors (Lipinski definition) is 2. The van der Waals surface area contributed by atoms with Gasteiger partial charge in [-0.05, 0) is 43.9 Å². The van der Waals surface area contributed by atoms with Gasteiger partial charge in [0.2, 0.25) is 11.8 Å². The van der Waals surface area contributed by atoms with Gasteiger partial charge in [-0.1, -0.05) is 18.6 Å². The van der Waals surface area contributed by atoms with E-state index in [0.717, 1.165) is 36.1 Å². The standard InChI is InChI=1S/C15H18N2O2/c1-10-4-5-11(2)12(8-10)17-13(18)9-15(6-3-7-15)14(19)16-17/h4-5,8H,3,6-7,9H2,1-2H3,(H,16,19). The van der Waals surface area contributed by atoms with E-state index in [1.165, 1.54) is 5.01 Å². The summed E-state index contributed by atoms with van der Waals surface area (Å²) in [5.41, 5.74) is 5.23. The predicted octanol–water partition coefficient (Wildman–Crippen LogP) is 2.24. The van der Waals surface area contributed by atoms with Crippen molar-refractivity contribution in [2.75, 3.05) is 5.01 Å². The van der Waals surface area contributed by atoms with Crippen LogP contribution < -0.4 is 10.4 Å². The molecule has 0 radical (unpaired) electrons. The fraction of sp³-hybridized carbons (Fsp3) is 0.467. The summed E-state index contributed by atoms with van der Waals surface area (Å²) < 4.78 is 0. The Morgan fingerprint density at radius 2 is 1.95 bits per heavy atom. The molecule has 1 spiro atoms. The maximum atomic E-state index is 12.3. The second-order valence-electron chi connectivity index (χ2n) is 5.77. The molecule has 100 valence electrons. The highest BCUT2D eigenvalue weighted by Gasteiger charge is 2.50. The zero-order valence-electron chi connectivity index (χ0n) is 11.3. The number of anilines is 1. The lowest BCUT2D eigenvalue weighted by Crippen LogP contribution is -2.61. The molecule has 2 fully saturated rings. The molecule has 1 aromatic carbocycles. The quantitative estimate of drug-likeness (QED) is 0.840. The smallest absolute Gasteiger partial charge is 0.246 e. The molecule has 1 aliphatic heterocycles. The van der Waals surface area contributed by atoms with Crippen LogP contribution in [-0.2, 0) is 9.59 Å². The molecule has 2 aliphatic rings. The van der Waals surface area contributed by atoms with Gasteiger partial charge >= 0.3 is 0 Å². The molecule has 19 heavy (non-hydrogen) atoms. The molecule has 4 nitrogen and oxygen atoms in total. The third-order valence-corrected chi connectivity index (χ3v) is 4.35. The monoisotopic (exact) mass is 258 g/mol. The number of carbonyl (C=O) groups excluding carboxylic acids is 2. The van der Waals surface area contributed by atoms with E-state index in [1.807, 2.05) is 32.0 Å². The normalized spacial score (nSPS) is 21.3. The van der Waals surface area contributed by atoms with Crippen molar-refractivity contribution in [2.24, 2.45) is 5.41 Å². The van der Waals surface area contributed by atoms with E-state index >= 15 is 0 Å².